The van der Waals surface area contributed by atoms with Crippen LogP contribution in [0.4, 0.5) is 10.2 Å². The van der Waals surface area contributed by atoms with E-state index in [0.29, 0.717) is 38.4 Å². The molecular formula is C23H24FN3O2. The van der Waals surface area contributed by atoms with Gasteiger partial charge < -0.3 is 10.1 Å². The van der Waals surface area contributed by atoms with Gasteiger partial charge in [0.15, 0.2) is 5.82 Å². The van der Waals surface area contributed by atoms with Crippen molar-refractivity contribution in [1.29, 1.82) is 0 Å². The Kier molecular flexibility index (Phi) is 5.45. The molecule has 0 saturated carbocycles. The Hall–Kier alpha value is -2.99. The molecule has 1 saturated heterocycles. The first-order valence-corrected chi connectivity index (χ1v) is 9.79. The molecule has 4 rings (SSSR count). The molecule has 3 aromatic rings. The molecule has 0 atom stereocenters. The predicted octanol–water partition coefficient (Wildman–Crippen LogP) is 4.07. The molecule has 0 aliphatic carbocycles. The zero-order valence-corrected chi connectivity index (χ0v) is 16.4. The highest BCUT2D eigenvalue weighted by Crippen LogP contribution is 2.36. The smallest absolute Gasteiger partial charge is 0.236 e. The molecule has 2 aromatic carbocycles. The second kappa shape index (κ2) is 8.17. The van der Waals surface area contributed by atoms with E-state index >= 15 is 0 Å². The number of halogens is 1. The maximum Gasteiger partial charge on any atom is 0.236 e. The van der Waals surface area contributed by atoms with Gasteiger partial charge in [0.25, 0.3) is 0 Å². The number of carbonyl (C=O) groups is 1. The summed E-state index contributed by atoms with van der Waals surface area (Å²) in [5.41, 5.74) is 2.49. The third kappa shape index (κ3) is 4.22. The zero-order valence-electron chi connectivity index (χ0n) is 16.4. The monoisotopic (exact) mass is 393 g/mol. The van der Waals surface area contributed by atoms with Crippen LogP contribution < -0.4 is 5.32 Å². The lowest BCUT2D eigenvalue weighted by atomic mass is 9.73. The Morgan fingerprint density at radius 3 is 2.48 bits per heavy atom. The summed E-state index contributed by atoms with van der Waals surface area (Å²) in [6.07, 6.45) is 3.08. The van der Waals surface area contributed by atoms with Gasteiger partial charge >= 0.3 is 0 Å². The minimum absolute atomic E-state index is 0.0586. The molecule has 1 aliphatic heterocycles. The van der Waals surface area contributed by atoms with Gasteiger partial charge in [0.1, 0.15) is 5.82 Å². The van der Waals surface area contributed by atoms with Crippen LogP contribution in [-0.2, 0) is 21.5 Å². The predicted molar refractivity (Wildman–Crippen MR) is 109 cm³/mol. The van der Waals surface area contributed by atoms with Gasteiger partial charge in [0.05, 0.1) is 12.0 Å². The lowest BCUT2D eigenvalue weighted by Gasteiger charge is -2.36. The first-order chi connectivity index (χ1) is 14.0. The van der Waals surface area contributed by atoms with Gasteiger partial charge in [-0.25, -0.2) is 4.39 Å². The number of carbonyl (C=O) groups excluding carboxylic acids is 1. The average molecular weight is 393 g/mol. The van der Waals surface area contributed by atoms with Crippen molar-refractivity contribution in [2.45, 2.75) is 31.7 Å². The van der Waals surface area contributed by atoms with Crippen LogP contribution in [0.5, 0.6) is 0 Å². The summed E-state index contributed by atoms with van der Waals surface area (Å²) in [5.74, 6) is 0.187. The molecule has 1 aromatic heterocycles. The minimum Gasteiger partial charge on any atom is -0.381 e. The number of benzene rings is 2. The fraction of sp³-hybridized carbons (Fsp3) is 0.304. The highest BCUT2D eigenvalue weighted by molar-refractivity contribution is 5.98. The standard InChI is InChI=1S/C23H24FN3O2/c1-17-2-6-19(7-3-17)23(11-14-29-15-12-23)22(28)25-21-10-13-27(26-21)16-18-4-8-20(24)9-5-18/h2-10,13H,11-12,14-16H2,1H3,(H,25,26,28). The highest BCUT2D eigenvalue weighted by atomic mass is 19.1. The fourth-order valence-corrected chi connectivity index (χ4v) is 3.77. The van der Waals surface area contributed by atoms with E-state index in [2.05, 4.69) is 10.4 Å². The molecule has 5 nitrogen and oxygen atoms in total. The van der Waals surface area contributed by atoms with Crippen LogP contribution >= 0.6 is 0 Å². The van der Waals surface area contributed by atoms with Gasteiger partial charge in [-0.3, -0.25) is 9.48 Å². The summed E-state index contributed by atoms with van der Waals surface area (Å²) in [4.78, 5) is 13.3. The van der Waals surface area contributed by atoms with E-state index in [-0.39, 0.29) is 11.7 Å². The number of rotatable bonds is 5. The number of aryl methyl sites for hydroxylation is 1. The number of nitrogens with one attached hydrogen (secondary N) is 1. The second-order valence-electron chi connectivity index (χ2n) is 7.54. The molecular weight excluding hydrogens is 369 g/mol. The van der Waals surface area contributed by atoms with Crippen LogP contribution in [0.1, 0.15) is 29.5 Å². The molecule has 0 radical (unpaired) electrons. The largest absolute Gasteiger partial charge is 0.381 e. The number of anilines is 1. The van der Waals surface area contributed by atoms with Crippen molar-refractivity contribution in [3.63, 3.8) is 0 Å². The average Bonchev–Trinajstić information content (AvgIpc) is 3.17. The lowest BCUT2D eigenvalue weighted by Crippen LogP contribution is -2.45. The minimum atomic E-state index is -0.618. The summed E-state index contributed by atoms with van der Waals surface area (Å²) in [5, 5.41) is 7.46. The van der Waals surface area contributed by atoms with Crippen LogP contribution in [0.3, 0.4) is 0 Å². The Labute approximate surface area is 169 Å². The van der Waals surface area contributed by atoms with Crippen LogP contribution in [0.2, 0.25) is 0 Å². The topological polar surface area (TPSA) is 56.2 Å². The second-order valence-corrected chi connectivity index (χ2v) is 7.54. The van der Waals surface area contributed by atoms with Crippen molar-refractivity contribution in [3.8, 4) is 0 Å². The molecule has 0 bridgehead atoms. The van der Waals surface area contributed by atoms with Gasteiger partial charge in [0.2, 0.25) is 5.91 Å². The van der Waals surface area contributed by atoms with Crippen LogP contribution in [0.15, 0.2) is 60.8 Å². The van der Waals surface area contributed by atoms with E-state index in [1.54, 1.807) is 22.9 Å². The van der Waals surface area contributed by atoms with Crippen LogP contribution in [0, 0.1) is 12.7 Å². The maximum absolute atomic E-state index is 13.3. The number of hydrogen-bond donors (Lipinski definition) is 1. The van der Waals surface area contributed by atoms with Crippen molar-refractivity contribution >= 4 is 11.7 Å². The normalized spacial score (nSPS) is 15.8. The summed E-state index contributed by atoms with van der Waals surface area (Å²) < 4.78 is 20.3. The molecule has 0 spiro atoms. The van der Waals surface area contributed by atoms with Crippen molar-refractivity contribution < 1.29 is 13.9 Å². The number of nitrogens with zero attached hydrogens (tertiary/aromatic N) is 2. The number of amides is 1. The Morgan fingerprint density at radius 1 is 1.10 bits per heavy atom. The molecule has 1 N–H and O–H groups in total. The highest BCUT2D eigenvalue weighted by Gasteiger charge is 2.41. The zero-order chi connectivity index (χ0) is 20.3. The number of aromatic nitrogens is 2. The first-order valence-electron chi connectivity index (χ1n) is 9.79. The third-order valence-corrected chi connectivity index (χ3v) is 5.53. The summed E-state index contributed by atoms with van der Waals surface area (Å²) in [6, 6.07) is 16.2. The molecule has 2 heterocycles. The number of hydrogen-bond acceptors (Lipinski definition) is 3. The summed E-state index contributed by atoms with van der Waals surface area (Å²) in [7, 11) is 0. The van der Waals surface area contributed by atoms with E-state index in [1.807, 2.05) is 37.4 Å². The molecule has 0 unspecified atom stereocenters. The maximum atomic E-state index is 13.3. The van der Waals surface area contributed by atoms with E-state index < -0.39 is 5.41 Å². The van der Waals surface area contributed by atoms with E-state index in [0.717, 1.165) is 16.7 Å². The van der Waals surface area contributed by atoms with Gasteiger partial charge in [-0.1, -0.05) is 42.0 Å². The van der Waals surface area contributed by atoms with Gasteiger partial charge in [-0.05, 0) is 43.0 Å². The van der Waals surface area contributed by atoms with Crippen molar-refractivity contribution in [2.24, 2.45) is 0 Å². The van der Waals surface area contributed by atoms with E-state index in [9.17, 15) is 9.18 Å². The Bertz CT molecular complexity index is 974. The number of ether oxygens (including phenoxy) is 1. The molecule has 1 fully saturated rings. The van der Waals surface area contributed by atoms with Crippen molar-refractivity contribution in [1.82, 2.24) is 9.78 Å². The van der Waals surface area contributed by atoms with Crippen LogP contribution in [-0.4, -0.2) is 28.9 Å². The molecule has 6 heteroatoms. The summed E-state index contributed by atoms with van der Waals surface area (Å²) in [6.45, 7) is 3.65. The lowest BCUT2D eigenvalue weighted by molar-refractivity contribution is -0.125. The SMILES string of the molecule is Cc1ccc(C2(C(=O)Nc3ccn(Cc4ccc(F)cc4)n3)CCOCC2)cc1. The van der Waals surface area contributed by atoms with Crippen LogP contribution in [0.25, 0.3) is 0 Å². The fourth-order valence-electron chi connectivity index (χ4n) is 3.77. The Morgan fingerprint density at radius 2 is 1.79 bits per heavy atom. The third-order valence-electron chi connectivity index (χ3n) is 5.53. The van der Waals surface area contributed by atoms with Gasteiger partial charge in [-0.15, -0.1) is 0 Å². The molecule has 29 heavy (non-hydrogen) atoms. The van der Waals surface area contributed by atoms with Crippen molar-refractivity contribution in [3.05, 3.63) is 83.3 Å². The Balaban J connectivity index is 1.51. The summed E-state index contributed by atoms with van der Waals surface area (Å²) >= 11 is 0. The van der Waals surface area contributed by atoms with Crippen molar-refractivity contribution in [2.75, 3.05) is 18.5 Å². The molecule has 1 aliphatic rings. The first kappa shape index (κ1) is 19.3. The molecule has 1 amide bonds. The van der Waals surface area contributed by atoms with E-state index in [4.69, 9.17) is 4.74 Å². The quantitative estimate of drug-likeness (QED) is 0.711. The van der Waals surface area contributed by atoms with Gasteiger partial charge in [0, 0.05) is 25.5 Å². The van der Waals surface area contributed by atoms with E-state index in [1.165, 1.54) is 12.1 Å². The molecule has 150 valence electrons. The van der Waals surface area contributed by atoms with Gasteiger partial charge in [-0.2, -0.15) is 5.10 Å².